The van der Waals surface area contributed by atoms with Crippen molar-refractivity contribution in [1.82, 2.24) is 9.88 Å². The smallest absolute Gasteiger partial charge is 0.257 e. The monoisotopic (exact) mass is 295 g/mol. The Labute approximate surface area is 125 Å². The number of aliphatic hydroxyl groups excluding tert-OH is 1. The van der Waals surface area contributed by atoms with Crippen LogP contribution in [0.5, 0.6) is 0 Å². The molecule has 0 spiro atoms. The van der Waals surface area contributed by atoms with Gasteiger partial charge in [-0.2, -0.15) is 0 Å². The third kappa shape index (κ3) is 4.60. The summed E-state index contributed by atoms with van der Waals surface area (Å²) >= 11 is 0. The Morgan fingerprint density at radius 2 is 2.10 bits per heavy atom. The Morgan fingerprint density at radius 1 is 1.43 bits per heavy atom. The average molecular weight is 295 g/mol. The zero-order valence-corrected chi connectivity index (χ0v) is 13.2. The molecule has 1 rings (SSSR count). The zero-order valence-electron chi connectivity index (χ0n) is 13.2. The fraction of sp³-hybridized carbons (Fsp3) is 0.600. The number of aromatic nitrogens is 1. The zero-order chi connectivity index (χ0) is 16.0. The molecule has 0 saturated heterocycles. The summed E-state index contributed by atoms with van der Waals surface area (Å²) in [4.78, 5) is 29.4. The molecule has 0 aromatic carbocycles. The summed E-state index contributed by atoms with van der Waals surface area (Å²) in [6.45, 7) is 4.23. The highest BCUT2D eigenvalue weighted by molar-refractivity contribution is 6.02. The Hall–Kier alpha value is -1.82. The summed E-state index contributed by atoms with van der Waals surface area (Å²) in [5, 5.41) is 9.21. The number of aliphatic hydroxyl groups is 1. The molecule has 2 amide bonds. The molecule has 0 radical (unpaired) electrons. The molecular formula is C15H25N3O3. The summed E-state index contributed by atoms with van der Waals surface area (Å²) in [5.74, 6) is 0.415. The van der Waals surface area contributed by atoms with Gasteiger partial charge in [0.15, 0.2) is 0 Å². The van der Waals surface area contributed by atoms with Gasteiger partial charge in [-0.3, -0.25) is 9.59 Å². The SMILES string of the molecule is Cc1c[nH]c(N(C)C=O)c1C(=O)N(C)CCCCC(C)O. The maximum atomic E-state index is 12.5. The molecule has 6 heteroatoms. The van der Waals surface area contributed by atoms with Gasteiger partial charge >= 0.3 is 0 Å². The van der Waals surface area contributed by atoms with Crippen molar-refractivity contribution in [2.24, 2.45) is 0 Å². The van der Waals surface area contributed by atoms with E-state index in [1.807, 2.05) is 6.92 Å². The molecule has 1 heterocycles. The Bertz CT molecular complexity index is 483. The van der Waals surface area contributed by atoms with E-state index in [1.54, 1.807) is 32.1 Å². The van der Waals surface area contributed by atoms with Crippen LogP contribution >= 0.6 is 0 Å². The first-order chi connectivity index (χ1) is 9.88. The van der Waals surface area contributed by atoms with E-state index in [0.717, 1.165) is 24.8 Å². The maximum Gasteiger partial charge on any atom is 0.257 e. The van der Waals surface area contributed by atoms with E-state index >= 15 is 0 Å². The van der Waals surface area contributed by atoms with Crippen molar-refractivity contribution in [2.45, 2.75) is 39.2 Å². The molecule has 0 aliphatic rings. The number of aryl methyl sites for hydroxylation is 1. The quantitative estimate of drug-likeness (QED) is 0.564. The van der Waals surface area contributed by atoms with Gasteiger partial charge in [-0.1, -0.05) is 0 Å². The number of amides is 2. The van der Waals surface area contributed by atoms with Crippen molar-refractivity contribution in [1.29, 1.82) is 0 Å². The van der Waals surface area contributed by atoms with Crippen LogP contribution in [-0.2, 0) is 4.79 Å². The number of aromatic amines is 1. The van der Waals surface area contributed by atoms with E-state index in [0.29, 0.717) is 24.3 Å². The van der Waals surface area contributed by atoms with Gasteiger partial charge in [0.2, 0.25) is 6.41 Å². The van der Waals surface area contributed by atoms with Gasteiger partial charge in [-0.15, -0.1) is 0 Å². The topological polar surface area (TPSA) is 76.6 Å². The Kier molecular flexibility index (Phi) is 6.42. The lowest BCUT2D eigenvalue weighted by molar-refractivity contribution is -0.107. The number of carbonyl (C=O) groups is 2. The van der Waals surface area contributed by atoms with Crippen LogP contribution in [0.25, 0.3) is 0 Å². The van der Waals surface area contributed by atoms with Gasteiger partial charge in [0.05, 0.1) is 11.7 Å². The summed E-state index contributed by atoms with van der Waals surface area (Å²) in [6, 6.07) is 0. The number of anilines is 1. The molecule has 0 saturated carbocycles. The third-order valence-corrected chi connectivity index (χ3v) is 3.49. The number of carbonyl (C=O) groups excluding carboxylic acids is 2. The summed E-state index contributed by atoms with van der Waals surface area (Å²) in [6.07, 6.45) is 4.56. The number of hydrogen-bond donors (Lipinski definition) is 2. The van der Waals surface area contributed by atoms with Gasteiger partial charge in [0.25, 0.3) is 5.91 Å². The predicted molar refractivity (Wildman–Crippen MR) is 82.5 cm³/mol. The number of nitrogens with zero attached hydrogens (tertiary/aromatic N) is 2. The highest BCUT2D eigenvalue weighted by Crippen LogP contribution is 2.22. The van der Waals surface area contributed by atoms with E-state index in [9.17, 15) is 14.7 Å². The standard InChI is InChI=1S/C15H25N3O3/c1-11-9-16-14(18(4)10-19)13(11)15(21)17(3)8-6-5-7-12(2)20/h9-10,12,16,20H,5-8H2,1-4H3. The van der Waals surface area contributed by atoms with Crippen molar-refractivity contribution in [2.75, 3.05) is 25.5 Å². The molecule has 1 aromatic rings. The minimum Gasteiger partial charge on any atom is -0.393 e. The van der Waals surface area contributed by atoms with Crippen LogP contribution in [0.15, 0.2) is 6.20 Å². The first-order valence-corrected chi connectivity index (χ1v) is 7.18. The molecule has 0 bridgehead atoms. The number of nitrogens with one attached hydrogen (secondary N) is 1. The minimum absolute atomic E-state index is 0.102. The molecule has 1 unspecified atom stereocenters. The van der Waals surface area contributed by atoms with Crippen LogP contribution in [0.3, 0.4) is 0 Å². The van der Waals surface area contributed by atoms with E-state index in [1.165, 1.54) is 4.90 Å². The molecule has 6 nitrogen and oxygen atoms in total. The van der Waals surface area contributed by atoms with Crippen LogP contribution in [0.4, 0.5) is 5.82 Å². The van der Waals surface area contributed by atoms with Crippen molar-refractivity contribution >= 4 is 18.1 Å². The lowest BCUT2D eigenvalue weighted by atomic mass is 10.1. The molecular weight excluding hydrogens is 270 g/mol. The molecule has 0 aliphatic carbocycles. The van der Waals surface area contributed by atoms with Crippen LogP contribution < -0.4 is 4.90 Å². The van der Waals surface area contributed by atoms with Gasteiger partial charge in [-0.05, 0) is 38.7 Å². The highest BCUT2D eigenvalue weighted by Gasteiger charge is 2.21. The second kappa shape index (κ2) is 7.83. The lowest BCUT2D eigenvalue weighted by Crippen LogP contribution is -2.30. The van der Waals surface area contributed by atoms with Gasteiger partial charge in [0.1, 0.15) is 5.82 Å². The molecule has 1 aromatic heterocycles. The normalized spacial score (nSPS) is 12.0. The van der Waals surface area contributed by atoms with E-state index in [2.05, 4.69) is 4.98 Å². The second-order valence-electron chi connectivity index (χ2n) is 5.48. The Morgan fingerprint density at radius 3 is 2.67 bits per heavy atom. The van der Waals surface area contributed by atoms with Gasteiger partial charge in [0, 0.05) is 26.8 Å². The van der Waals surface area contributed by atoms with E-state index in [4.69, 9.17) is 0 Å². The summed E-state index contributed by atoms with van der Waals surface area (Å²) < 4.78 is 0. The summed E-state index contributed by atoms with van der Waals surface area (Å²) in [7, 11) is 3.36. The van der Waals surface area contributed by atoms with Crippen molar-refractivity contribution in [3.63, 3.8) is 0 Å². The highest BCUT2D eigenvalue weighted by atomic mass is 16.3. The molecule has 1 atom stereocenters. The second-order valence-corrected chi connectivity index (χ2v) is 5.48. The predicted octanol–water partition coefficient (Wildman–Crippen LogP) is 1.54. The molecule has 118 valence electrons. The van der Waals surface area contributed by atoms with Crippen LogP contribution in [0.2, 0.25) is 0 Å². The third-order valence-electron chi connectivity index (χ3n) is 3.49. The first-order valence-electron chi connectivity index (χ1n) is 7.18. The lowest BCUT2D eigenvalue weighted by Gasteiger charge is -2.19. The molecule has 0 aliphatic heterocycles. The molecule has 21 heavy (non-hydrogen) atoms. The molecule has 2 N–H and O–H groups in total. The van der Waals surface area contributed by atoms with Crippen molar-refractivity contribution in [3.05, 3.63) is 17.3 Å². The fourth-order valence-corrected chi connectivity index (χ4v) is 2.19. The number of hydrogen-bond acceptors (Lipinski definition) is 3. The number of unbranched alkanes of at least 4 members (excludes halogenated alkanes) is 1. The van der Waals surface area contributed by atoms with Crippen molar-refractivity contribution in [3.8, 4) is 0 Å². The number of rotatable bonds is 8. The minimum atomic E-state index is -0.300. The van der Waals surface area contributed by atoms with Crippen LogP contribution in [0, 0.1) is 6.92 Å². The number of H-pyrrole nitrogens is 1. The summed E-state index contributed by atoms with van der Waals surface area (Å²) in [5.41, 5.74) is 1.35. The van der Waals surface area contributed by atoms with E-state index < -0.39 is 0 Å². The van der Waals surface area contributed by atoms with Crippen molar-refractivity contribution < 1.29 is 14.7 Å². The first kappa shape index (κ1) is 17.2. The maximum absolute atomic E-state index is 12.5. The Balaban J connectivity index is 2.70. The molecule has 0 fully saturated rings. The average Bonchev–Trinajstić information content (AvgIpc) is 2.83. The largest absolute Gasteiger partial charge is 0.393 e. The van der Waals surface area contributed by atoms with Gasteiger partial charge < -0.3 is 19.9 Å². The van der Waals surface area contributed by atoms with Gasteiger partial charge in [-0.25, -0.2) is 0 Å². The fourth-order valence-electron chi connectivity index (χ4n) is 2.19. The van der Waals surface area contributed by atoms with Crippen LogP contribution in [-0.4, -0.2) is 54.1 Å². The van der Waals surface area contributed by atoms with Crippen LogP contribution in [0.1, 0.15) is 42.1 Å². The van der Waals surface area contributed by atoms with E-state index in [-0.39, 0.29) is 12.0 Å².